The van der Waals surface area contributed by atoms with E-state index in [0.29, 0.717) is 18.0 Å². The molecule has 2 aromatic rings. The number of aliphatic imine (C=N–C) groups is 1. The molecular formula is C23H31ClIN5. The standard InChI is InChI=1S/C23H30ClN5.HI/c1-3-25-23(28-21-15-20(21)17-7-5-8-18(24)14-17)27-19-10-12-29(13-11-19)22-9-4-6-16(2)26-22;/h4-9,14,19-21H,3,10-13,15H2,1-2H3,(H2,25,27,28);1H. The van der Waals surface area contributed by atoms with E-state index < -0.39 is 0 Å². The van der Waals surface area contributed by atoms with Gasteiger partial charge in [0.25, 0.3) is 0 Å². The molecule has 1 aromatic heterocycles. The molecule has 7 heteroatoms. The number of hydrogen-bond acceptors (Lipinski definition) is 3. The van der Waals surface area contributed by atoms with Gasteiger partial charge in [-0.1, -0.05) is 29.8 Å². The molecule has 2 heterocycles. The Balaban J connectivity index is 0.00000256. The van der Waals surface area contributed by atoms with Crippen molar-refractivity contribution in [2.45, 2.75) is 51.1 Å². The molecular weight excluding hydrogens is 509 g/mol. The zero-order valence-corrected chi connectivity index (χ0v) is 20.7. The molecule has 2 N–H and O–H groups in total. The smallest absolute Gasteiger partial charge is 0.191 e. The lowest BCUT2D eigenvalue weighted by molar-refractivity contribution is 0.459. The monoisotopic (exact) mass is 539 g/mol. The lowest BCUT2D eigenvalue weighted by Crippen LogP contribution is -2.49. The predicted octanol–water partition coefficient (Wildman–Crippen LogP) is 4.74. The Morgan fingerprint density at radius 2 is 1.93 bits per heavy atom. The summed E-state index contributed by atoms with van der Waals surface area (Å²) in [6, 6.07) is 15.3. The second-order valence-corrected chi connectivity index (χ2v) is 8.45. The third-order valence-corrected chi connectivity index (χ3v) is 5.97. The number of piperidine rings is 1. The summed E-state index contributed by atoms with van der Waals surface area (Å²) in [4.78, 5) is 11.7. The molecule has 30 heavy (non-hydrogen) atoms. The first-order chi connectivity index (χ1) is 14.1. The number of hydrogen-bond donors (Lipinski definition) is 2. The van der Waals surface area contributed by atoms with E-state index in [1.807, 2.05) is 25.1 Å². The highest BCUT2D eigenvalue weighted by atomic mass is 127. The van der Waals surface area contributed by atoms with Crippen molar-refractivity contribution < 1.29 is 0 Å². The summed E-state index contributed by atoms with van der Waals surface area (Å²) in [7, 11) is 0. The molecule has 2 fully saturated rings. The molecule has 2 aliphatic rings. The first-order valence-corrected chi connectivity index (χ1v) is 11.0. The minimum Gasteiger partial charge on any atom is -0.356 e. The average molecular weight is 540 g/mol. The summed E-state index contributed by atoms with van der Waals surface area (Å²) in [5.41, 5.74) is 2.38. The molecule has 1 aliphatic carbocycles. The number of aromatic nitrogens is 1. The normalized spacial score (nSPS) is 21.7. The third-order valence-electron chi connectivity index (χ3n) is 5.74. The van der Waals surface area contributed by atoms with E-state index >= 15 is 0 Å². The number of aryl methyl sites for hydroxylation is 1. The number of pyridine rings is 1. The van der Waals surface area contributed by atoms with Gasteiger partial charge < -0.3 is 15.5 Å². The highest BCUT2D eigenvalue weighted by Gasteiger charge is 2.39. The van der Waals surface area contributed by atoms with Gasteiger partial charge in [-0.3, -0.25) is 4.99 Å². The average Bonchev–Trinajstić information content (AvgIpc) is 3.48. The summed E-state index contributed by atoms with van der Waals surface area (Å²) in [5, 5.41) is 8.10. The van der Waals surface area contributed by atoms with Gasteiger partial charge in [-0.15, -0.1) is 24.0 Å². The Bertz CT molecular complexity index is 866. The maximum atomic E-state index is 6.15. The van der Waals surface area contributed by atoms with E-state index in [9.17, 15) is 0 Å². The van der Waals surface area contributed by atoms with Crippen molar-refractivity contribution >= 4 is 47.4 Å². The summed E-state index contributed by atoms with van der Waals surface area (Å²) < 4.78 is 0. The zero-order chi connectivity index (χ0) is 20.2. The Morgan fingerprint density at radius 1 is 1.17 bits per heavy atom. The Labute approximate surface area is 201 Å². The molecule has 2 atom stereocenters. The number of nitrogens with zero attached hydrogens (tertiary/aromatic N) is 3. The zero-order valence-electron chi connectivity index (χ0n) is 17.6. The van der Waals surface area contributed by atoms with Crippen LogP contribution < -0.4 is 15.5 Å². The van der Waals surface area contributed by atoms with Crippen molar-refractivity contribution in [2.75, 3.05) is 24.5 Å². The number of guanidine groups is 1. The van der Waals surface area contributed by atoms with Gasteiger partial charge in [-0.05, 0) is 62.9 Å². The molecule has 1 saturated carbocycles. The predicted molar refractivity (Wildman–Crippen MR) is 136 cm³/mol. The number of benzene rings is 1. The Morgan fingerprint density at radius 3 is 2.63 bits per heavy atom. The molecule has 0 radical (unpaired) electrons. The van der Waals surface area contributed by atoms with Crippen LogP contribution in [0, 0.1) is 6.92 Å². The van der Waals surface area contributed by atoms with E-state index in [-0.39, 0.29) is 24.0 Å². The fourth-order valence-electron chi connectivity index (χ4n) is 4.08. The fraction of sp³-hybridized carbons (Fsp3) is 0.478. The van der Waals surface area contributed by atoms with Crippen molar-refractivity contribution in [2.24, 2.45) is 4.99 Å². The Hall–Kier alpha value is -1.54. The van der Waals surface area contributed by atoms with E-state index in [0.717, 1.165) is 61.4 Å². The molecule has 0 spiro atoms. The second-order valence-electron chi connectivity index (χ2n) is 8.01. The lowest BCUT2D eigenvalue weighted by Gasteiger charge is -2.34. The molecule has 0 bridgehead atoms. The lowest BCUT2D eigenvalue weighted by atomic mass is 10.1. The maximum Gasteiger partial charge on any atom is 0.191 e. The van der Waals surface area contributed by atoms with Crippen LogP contribution in [0.1, 0.15) is 43.4 Å². The van der Waals surface area contributed by atoms with Crippen molar-refractivity contribution in [3.05, 3.63) is 58.7 Å². The van der Waals surface area contributed by atoms with Gasteiger partial charge in [0, 0.05) is 48.4 Å². The van der Waals surface area contributed by atoms with E-state index in [4.69, 9.17) is 11.6 Å². The number of anilines is 1. The summed E-state index contributed by atoms with van der Waals surface area (Å²) in [6.45, 7) is 6.93. The minimum absolute atomic E-state index is 0. The SMILES string of the molecule is CCN=C(NC1CCN(c2cccc(C)n2)CC1)NC1CC1c1cccc(Cl)c1.I. The molecule has 162 valence electrons. The van der Waals surface area contributed by atoms with Gasteiger partial charge in [0.05, 0.1) is 0 Å². The summed E-state index contributed by atoms with van der Waals surface area (Å²) in [5.74, 6) is 2.55. The third kappa shape index (κ3) is 6.00. The van der Waals surface area contributed by atoms with Gasteiger partial charge in [-0.25, -0.2) is 4.98 Å². The van der Waals surface area contributed by atoms with Crippen LogP contribution in [0.2, 0.25) is 5.02 Å². The number of nitrogens with one attached hydrogen (secondary N) is 2. The number of halogens is 2. The van der Waals surface area contributed by atoms with Crippen LogP contribution in [0.5, 0.6) is 0 Å². The van der Waals surface area contributed by atoms with E-state index in [1.165, 1.54) is 5.56 Å². The first kappa shape index (κ1) is 23.1. The van der Waals surface area contributed by atoms with Crippen molar-refractivity contribution in [3.63, 3.8) is 0 Å². The van der Waals surface area contributed by atoms with Crippen LogP contribution in [0.3, 0.4) is 0 Å². The van der Waals surface area contributed by atoms with E-state index in [1.54, 1.807) is 0 Å². The van der Waals surface area contributed by atoms with Crippen LogP contribution >= 0.6 is 35.6 Å². The quantitative estimate of drug-likeness (QED) is 0.327. The largest absolute Gasteiger partial charge is 0.356 e. The van der Waals surface area contributed by atoms with Crippen LogP contribution in [0.15, 0.2) is 47.5 Å². The summed E-state index contributed by atoms with van der Waals surface area (Å²) >= 11 is 6.15. The molecule has 1 saturated heterocycles. The second kappa shape index (κ2) is 10.7. The highest BCUT2D eigenvalue weighted by Crippen LogP contribution is 2.41. The molecule has 4 rings (SSSR count). The van der Waals surface area contributed by atoms with Gasteiger partial charge in [0.1, 0.15) is 5.82 Å². The molecule has 1 aliphatic heterocycles. The summed E-state index contributed by atoms with van der Waals surface area (Å²) in [6.07, 6.45) is 3.30. The Kier molecular flexibility index (Phi) is 8.22. The van der Waals surface area contributed by atoms with Crippen molar-refractivity contribution in [3.8, 4) is 0 Å². The van der Waals surface area contributed by atoms with Crippen LogP contribution in [-0.4, -0.2) is 42.7 Å². The molecule has 2 unspecified atom stereocenters. The topological polar surface area (TPSA) is 52.6 Å². The first-order valence-electron chi connectivity index (χ1n) is 10.6. The van der Waals surface area contributed by atoms with Crippen molar-refractivity contribution in [1.29, 1.82) is 0 Å². The van der Waals surface area contributed by atoms with Crippen LogP contribution in [0.4, 0.5) is 5.82 Å². The molecule has 0 amide bonds. The van der Waals surface area contributed by atoms with E-state index in [2.05, 4.69) is 56.7 Å². The molecule has 1 aromatic carbocycles. The highest BCUT2D eigenvalue weighted by molar-refractivity contribution is 14.0. The fourth-order valence-corrected chi connectivity index (χ4v) is 4.28. The van der Waals surface area contributed by atoms with Crippen molar-refractivity contribution in [1.82, 2.24) is 15.6 Å². The van der Waals surface area contributed by atoms with Crippen LogP contribution in [0.25, 0.3) is 0 Å². The van der Waals surface area contributed by atoms with Gasteiger partial charge in [-0.2, -0.15) is 0 Å². The number of rotatable bonds is 5. The minimum atomic E-state index is 0. The van der Waals surface area contributed by atoms with Gasteiger partial charge >= 0.3 is 0 Å². The maximum absolute atomic E-state index is 6.15. The van der Waals surface area contributed by atoms with Gasteiger partial charge in [0.15, 0.2) is 5.96 Å². The van der Waals surface area contributed by atoms with Crippen LogP contribution in [-0.2, 0) is 0 Å². The molecule has 5 nitrogen and oxygen atoms in total. The van der Waals surface area contributed by atoms with Gasteiger partial charge in [0.2, 0.25) is 0 Å².